The van der Waals surface area contributed by atoms with E-state index in [1.165, 1.54) is 0 Å². The van der Waals surface area contributed by atoms with Crippen molar-refractivity contribution in [2.75, 3.05) is 52.5 Å². The van der Waals surface area contributed by atoms with Crippen LogP contribution in [0.1, 0.15) is 44.6 Å². The van der Waals surface area contributed by atoms with Gasteiger partial charge in [0, 0.05) is 45.2 Å². The number of hydrogen-bond donors (Lipinski definition) is 0. The molecule has 0 spiro atoms. The zero-order valence-electron chi connectivity index (χ0n) is 19.9. The molecule has 1 aromatic rings. The van der Waals surface area contributed by atoms with Crippen molar-refractivity contribution in [3.05, 3.63) is 30.1 Å². The quantitative estimate of drug-likeness (QED) is 0.622. The molecule has 8 nitrogen and oxygen atoms in total. The van der Waals surface area contributed by atoms with Crippen LogP contribution in [0.5, 0.6) is 0 Å². The number of likely N-dealkylation sites (N-methyl/N-ethyl adjacent to an activating group) is 1. The summed E-state index contributed by atoms with van der Waals surface area (Å²) in [6.07, 6.45) is 8.32. The monoisotopic (exact) mass is 458 g/mol. The third-order valence-corrected chi connectivity index (χ3v) is 7.17. The van der Waals surface area contributed by atoms with Crippen LogP contribution >= 0.6 is 0 Å². The number of pyridine rings is 1. The van der Waals surface area contributed by atoms with Crippen LogP contribution in [0.25, 0.3) is 0 Å². The van der Waals surface area contributed by atoms with E-state index in [1.54, 1.807) is 17.3 Å². The van der Waals surface area contributed by atoms with Crippen LogP contribution in [0.2, 0.25) is 0 Å². The van der Waals surface area contributed by atoms with Crippen LogP contribution in [0.15, 0.2) is 24.5 Å². The standard InChI is InChI=1S/C25H38N4O4/c1-2-27-11-4-3-7-23(27)25(31)29-17-22(33-19-21-6-5-10-26-14-21)16-28(24(30)18-29)15-20-8-12-32-13-9-20/h5-6,10,14,20,22-23H,2-4,7-9,11-13,15-19H2,1H3/t22-,23-/m0/s1. The van der Waals surface area contributed by atoms with Crippen LogP contribution in [0.3, 0.4) is 0 Å². The summed E-state index contributed by atoms with van der Waals surface area (Å²) in [5, 5.41) is 0. The number of carbonyl (C=O) groups excluding carboxylic acids is 2. The molecule has 33 heavy (non-hydrogen) atoms. The topological polar surface area (TPSA) is 75.2 Å². The Hall–Kier alpha value is -2.03. The summed E-state index contributed by atoms with van der Waals surface area (Å²) >= 11 is 0. The number of hydrogen-bond acceptors (Lipinski definition) is 6. The van der Waals surface area contributed by atoms with Crippen molar-refractivity contribution in [1.29, 1.82) is 0 Å². The number of aromatic nitrogens is 1. The molecule has 2 amide bonds. The van der Waals surface area contributed by atoms with Gasteiger partial charge in [0.1, 0.15) is 0 Å². The second kappa shape index (κ2) is 11.9. The number of nitrogens with zero attached hydrogens (tertiary/aromatic N) is 4. The highest BCUT2D eigenvalue weighted by Crippen LogP contribution is 2.22. The van der Waals surface area contributed by atoms with Gasteiger partial charge >= 0.3 is 0 Å². The average Bonchev–Trinajstić information content (AvgIpc) is 3.02. The van der Waals surface area contributed by atoms with Crippen molar-refractivity contribution < 1.29 is 19.1 Å². The number of rotatable bonds is 7. The molecule has 2 atom stereocenters. The van der Waals surface area contributed by atoms with E-state index >= 15 is 0 Å². The fourth-order valence-corrected chi connectivity index (χ4v) is 5.23. The molecule has 0 N–H and O–H groups in total. The minimum absolute atomic E-state index is 0.0289. The minimum atomic E-state index is -0.223. The lowest BCUT2D eigenvalue weighted by molar-refractivity contribution is -0.143. The van der Waals surface area contributed by atoms with Gasteiger partial charge in [-0.1, -0.05) is 19.4 Å². The fraction of sp³-hybridized carbons (Fsp3) is 0.720. The van der Waals surface area contributed by atoms with E-state index in [4.69, 9.17) is 9.47 Å². The van der Waals surface area contributed by atoms with Crippen molar-refractivity contribution in [1.82, 2.24) is 19.7 Å². The lowest BCUT2D eigenvalue weighted by atomic mass is 9.99. The molecule has 0 bridgehead atoms. The van der Waals surface area contributed by atoms with E-state index < -0.39 is 0 Å². The summed E-state index contributed by atoms with van der Waals surface area (Å²) in [6.45, 7) is 7.66. The largest absolute Gasteiger partial charge is 0.381 e. The summed E-state index contributed by atoms with van der Waals surface area (Å²) in [7, 11) is 0. The van der Waals surface area contributed by atoms with Crippen LogP contribution in [0, 0.1) is 5.92 Å². The first kappa shape index (κ1) is 24.1. The number of carbonyl (C=O) groups is 2. The number of likely N-dealkylation sites (tertiary alicyclic amines) is 1. The molecule has 0 saturated carbocycles. The second-order valence-electron chi connectivity index (χ2n) is 9.51. The Morgan fingerprint density at radius 3 is 2.82 bits per heavy atom. The third kappa shape index (κ3) is 6.52. The van der Waals surface area contributed by atoms with Gasteiger partial charge in [0.15, 0.2) is 0 Å². The van der Waals surface area contributed by atoms with Gasteiger partial charge in [-0.05, 0) is 56.3 Å². The van der Waals surface area contributed by atoms with Crippen molar-refractivity contribution in [3.8, 4) is 0 Å². The molecular weight excluding hydrogens is 420 g/mol. The van der Waals surface area contributed by atoms with E-state index in [-0.39, 0.29) is 30.5 Å². The van der Waals surface area contributed by atoms with E-state index in [0.717, 1.165) is 64.0 Å². The summed E-state index contributed by atoms with van der Waals surface area (Å²) in [4.78, 5) is 37.0. The van der Waals surface area contributed by atoms with E-state index in [9.17, 15) is 9.59 Å². The molecule has 0 aromatic carbocycles. The molecular formula is C25H38N4O4. The summed E-state index contributed by atoms with van der Waals surface area (Å²) in [6, 6.07) is 3.75. The van der Waals surface area contributed by atoms with Crippen LogP contribution in [0.4, 0.5) is 0 Å². The van der Waals surface area contributed by atoms with Crippen LogP contribution < -0.4 is 0 Å². The Morgan fingerprint density at radius 2 is 2.06 bits per heavy atom. The zero-order valence-corrected chi connectivity index (χ0v) is 19.9. The third-order valence-electron chi connectivity index (χ3n) is 7.17. The molecule has 3 saturated heterocycles. The fourth-order valence-electron chi connectivity index (χ4n) is 5.23. The molecule has 3 aliphatic rings. The molecule has 182 valence electrons. The smallest absolute Gasteiger partial charge is 0.242 e. The maximum atomic E-state index is 13.6. The second-order valence-corrected chi connectivity index (χ2v) is 9.51. The molecule has 1 aromatic heterocycles. The van der Waals surface area contributed by atoms with Crippen LogP contribution in [-0.2, 0) is 25.7 Å². The highest BCUT2D eigenvalue weighted by Gasteiger charge is 2.37. The van der Waals surface area contributed by atoms with Gasteiger partial charge in [-0.25, -0.2) is 0 Å². The van der Waals surface area contributed by atoms with Gasteiger partial charge in [0.05, 0.1) is 25.3 Å². The van der Waals surface area contributed by atoms with Gasteiger partial charge < -0.3 is 19.3 Å². The average molecular weight is 459 g/mol. The molecule has 0 radical (unpaired) electrons. The minimum Gasteiger partial charge on any atom is -0.381 e. The van der Waals surface area contributed by atoms with Gasteiger partial charge in [-0.3, -0.25) is 19.5 Å². The maximum absolute atomic E-state index is 13.6. The highest BCUT2D eigenvalue weighted by atomic mass is 16.5. The summed E-state index contributed by atoms with van der Waals surface area (Å²) in [5.74, 6) is 0.548. The molecule has 3 fully saturated rings. The maximum Gasteiger partial charge on any atom is 0.242 e. The summed E-state index contributed by atoms with van der Waals surface area (Å²) < 4.78 is 11.8. The lowest BCUT2D eigenvalue weighted by Gasteiger charge is -2.37. The first-order valence-electron chi connectivity index (χ1n) is 12.5. The lowest BCUT2D eigenvalue weighted by Crippen LogP contribution is -2.53. The SMILES string of the molecule is CCN1CCCC[C@H]1C(=O)N1CC(=O)N(CC2CCOCC2)C[C@H](OCc2cccnc2)C1. The number of piperidine rings is 1. The molecule has 3 aliphatic heterocycles. The van der Waals surface area contributed by atoms with Crippen molar-refractivity contribution in [2.45, 2.75) is 57.8 Å². The van der Waals surface area contributed by atoms with E-state index in [1.807, 2.05) is 17.0 Å². The predicted octanol–water partition coefficient (Wildman–Crippen LogP) is 1.94. The number of ether oxygens (including phenoxy) is 2. The molecule has 0 unspecified atom stereocenters. The van der Waals surface area contributed by atoms with E-state index in [2.05, 4.69) is 16.8 Å². The zero-order chi connectivity index (χ0) is 23.0. The molecule has 0 aliphatic carbocycles. The Balaban J connectivity index is 1.47. The van der Waals surface area contributed by atoms with Gasteiger partial charge in [-0.2, -0.15) is 0 Å². The van der Waals surface area contributed by atoms with Crippen molar-refractivity contribution >= 4 is 11.8 Å². The van der Waals surface area contributed by atoms with Gasteiger partial charge in [0.25, 0.3) is 0 Å². The molecule has 4 heterocycles. The summed E-state index contributed by atoms with van der Waals surface area (Å²) in [5.41, 5.74) is 0.992. The predicted molar refractivity (Wildman–Crippen MR) is 124 cm³/mol. The Labute approximate surface area is 197 Å². The first-order chi connectivity index (χ1) is 16.1. The Morgan fingerprint density at radius 1 is 1.21 bits per heavy atom. The highest BCUT2D eigenvalue weighted by molar-refractivity contribution is 5.88. The molecule has 4 rings (SSSR count). The van der Waals surface area contributed by atoms with Gasteiger partial charge in [-0.15, -0.1) is 0 Å². The van der Waals surface area contributed by atoms with Gasteiger partial charge in [0.2, 0.25) is 11.8 Å². The van der Waals surface area contributed by atoms with Crippen molar-refractivity contribution in [3.63, 3.8) is 0 Å². The Bertz CT molecular complexity index is 771. The van der Waals surface area contributed by atoms with Crippen LogP contribution in [-0.4, -0.2) is 96.1 Å². The normalized spacial score (nSPS) is 25.8. The number of amides is 2. The molecule has 8 heteroatoms. The van der Waals surface area contributed by atoms with Crippen molar-refractivity contribution in [2.24, 2.45) is 5.92 Å². The first-order valence-corrected chi connectivity index (χ1v) is 12.5. The van der Waals surface area contributed by atoms with E-state index in [0.29, 0.717) is 32.2 Å². The Kier molecular flexibility index (Phi) is 8.69.